The molecule has 5 nitrogen and oxygen atoms in total. The van der Waals surface area contributed by atoms with Gasteiger partial charge in [-0.05, 0) is 19.4 Å². The quantitative estimate of drug-likeness (QED) is 0.775. The molecule has 0 spiro atoms. The highest BCUT2D eigenvalue weighted by molar-refractivity contribution is 5.85. The third-order valence-electron chi connectivity index (χ3n) is 4.21. The molecule has 144 valence electrons. The minimum atomic E-state index is -0.221. The molecule has 7 heteroatoms. The number of carbonyl (C=O) groups excluding carboxylic acids is 1. The number of hydrogen-bond donors (Lipinski definition) is 1. The van der Waals surface area contributed by atoms with Crippen LogP contribution >= 0.6 is 24.8 Å². The van der Waals surface area contributed by atoms with E-state index in [1.807, 2.05) is 49.1 Å². The zero-order chi connectivity index (χ0) is 16.7. The molecule has 0 bridgehead atoms. The van der Waals surface area contributed by atoms with Gasteiger partial charge in [0.15, 0.2) is 0 Å². The van der Waals surface area contributed by atoms with Gasteiger partial charge >= 0.3 is 0 Å². The number of ether oxygens (including phenoxy) is 1. The zero-order valence-electron chi connectivity index (χ0n) is 15.1. The Kier molecular flexibility index (Phi) is 12.1. The molecule has 1 aromatic rings. The van der Waals surface area contributed by atoms with Crippen LogP contribution in [0.3, 0.4) is 0 Å². The van der Waals surface area contributed by atoms with E-state index >= 15 is 0 Å². The molecule has 1 atom stereocenters. The van der Waals surface area contributed by atoms with Crippen LogP contribution in [0.25, 0.3) is 0 Å². The smallest absolute Gasteiger partial charge is 0.224 e. The molecule has 1 fully saturated rings. The fraction of sp³-hybridized carbons (Fsp3) is 0.611. The lowest BCUT2D eigenvalue weighted by atomic mass is 10.0. The van der Waals surface area contributed by atoms with Crippen LogP contribution in [0.2, 0.25) is 0 Å². The zero-order valence-corrected chi connectivity index (χ0v) is 16.7. The lowest BCUT2D eigenvalue weighted by Gasteiger charge is -2.35. The highest BCUT2D eigenvalue weighted by Gasteiger charge is 2.22. The van der Waals surface area contributed by atoms with Crippen LogP contribution in [0.5, 0.6) is 0 Å². The summed E-state index contributed by atoms with van der Waals surface area (Å²) in [5, 5.41) is 0. The van der Waals surface area contributed by atoms with Gasteiger partial charge < -0.3 is 15.4 Å². The molecule has 1 aliphatic heterocycles. The minimum Gasteiger partial charge on any atom is -0.377 e. The van der Waals surface area contributed by atoms with Crippen LogP contribution in [0, 0.1) is 0 Å². The molecule has 2 rings (SSSR count). The summed E-state index contributed by atoms with van der Waals surface area (Å²) in [5.41, 5.74) is 7.17. The lowest BCUT2D eigenvalue weighted by Crippen LogP contribution is -2.49. The molecule has 1 unspecified atom stereocenters. The van der Waals surface area contributed by atoms with Crippen LogP contribution in [0.4, 0.5) is 0 Å². The predicted molar refractivity (Wildman–Crippen MR) is 107 cm³/mol. The second-order valence-electron chi connectivity index (χ2n) is 6.36. The normalized spacial score (nSPS) is 16.1. The molecule has 1 amide bonds. The van der Waals surface area contributed by atoms with E-state index < -0.39 is 0 Å². The van der Waals surface area contributed by atoms with Gasteiger partial charge in [0.2, 0.25) is 5.91 Å². The van der Waals surface area contributed by atoms with Gasteiger partial charge in [0.25, 0.3) is 0 Å². The fourth-order valence-corrected chi connectivity index (χ4v) is 2.77. The molecule has 1 aromatic carbocycles. The predicted octanol–water partition coefficient (Wildman–Crippen LogP) is 2.49. The van der Waals surface area contributed by atoms with Gasteiger partial charge in [0.05, 0.1) is 12.7 Å². The summed E-state index contributed by atoms with van der Waals surface area (Å²) >= 11 is 0. The van der Waals surface area contributed by atoms with Gasteiger partial charge in [-0.25, -0.2) is 0 Å². The monoisotopic (exact) mass is 391 g/mol. The largest absolute Gasteiger partial charge is 0.377 e. The fourth-order valence-electron chi connectivity index (χ4n) is 2.77. The molecule has 1 aliphatic rings. The summed E-state index contributed by atoms with van der Waals surface area (Å²) in [6.07, 6.45) is 0.651. The van der Waals surface area contributed by atoms with Crippen molar-refractivity contribution in [3.8, 4) is 0 Å². The molecule has 1 saturated heterocycles. The number of benzene rings is 1. The van der Waals surface area contributed by atoms with E-state index in [4.69, 9.17) is 10.5 Å². The molecule has 2 N–H and O–H groups in total. The van der Waals surface area contributed by atoms with Crippen molar-refractivity contribution in [2.24, 2.45) is 5.73 Å². The summed E-state index contributed by atoms with van der Waals surface area (Å²) < 4.78 is 5.58. The van der Waals surface area contributed by atoms with Crippen LogP contribution in [0.1, 0.15) is 31.9 Å². The van der Waals surface area contributed by atoms with Crippen molar-refractivity contribution < 1.29 is 9.53 Å². The van der Waals surface area contributed by atoms with Gasteiger partial charge in [-0.1, -0.05) is 30.3 Å². The number of carbonyl (C=O) groups is 1. The molecule has 0 aromatic heterocycles. The Hall–Kier alpha value is -0.850. The van der Waals surface area contributed by atoms with Gasteiger partial charge in [-0.15, -0.1) is 24.8 Å². The summed E-state index contributed by atoms with van der Waals surface area (Å²) in [7, 11) is 0. The minimum absolute atomic E-state index is 0. The van der Waals surface area contributed by atoms with E-state index in [0.29, 0.717) is 6.42 Å². The van der Waals surface area contributed by atoms with E-state index in [2.05, 4.69) is 4.90 Å². The Balaban J connectivity index is 0.00000288. The van der Waals surface area contributed by atoms with E-state index in [0.717, 1.165) is 44.9 Å². The standard InChI is InChI=1S/C18H29N3O2.2ClH/c1-15(2)23-13-12-20-8-10-21(11-9-20)18(22)14-17(19)16-6-4-3-5-7-16;;/h3-7,15,17H,8-14,19H2,1-2H3;2*1H. The number of amides is 1. The lowest BCUT2D eigenvalue weighted by molar-refractivity contribution is -0.133. The van der Waals surface area contributed by atoms with Crippen LogP contribution in [-0.4, -0.2) is 61.1 Å². The summed E-state index contributed by atoms with van der Waals surface area (Å²) in [6.45, 7) is 9.17. The van der Waals surface area contributed by atoms with Crippen molar-refractivity contribution >= 4 is 30.7 Å². The third kappa shape index (κ3) is 8.38. The Morgan fingerprint density at radius 3 is 2.28 bits per heavy atom. The highest BCUT2D eigenvalue weighted by atomic mass is 35.5. The van der Waals surface area contributed by atoms with E-state index in [1.54, 1.807) is 0 Å². The van der Waals surface area contributed by atoms with Crippen LogP contribution in [0.15, 0.2) is 30.3 Å². The second kappa shape index (κ2) is 12.5. The van der Waals surface area contributed by atoms with Gasteiger partial charge in [0, 0.05) is 45.2 Å². The molecule has 0 radical (unpaired) electrons. The van der Waals surface area contributed by atoms with Crippen molar-refractivity contribution in [2.45, 2.75) is 32.4 Å². The topological polar surface area (TPSA) is 58.8 Å². The summed E-state index contributed by atoms with van der Waals surface area (Å²) in [4.78, 5) is 16.7. The van der Waals surface area contributed by atoms with Crippen molar-refractivity contribution in [2.75, 3.05) is 39.3 Å². The SMILES string of the molecule is CC(C)OCCN1CCN(C(=O)CC(N)c2ccccc2)CC1.Cl.Cl. The average molecular weight is 392 g/mol. The first-order chi connectivity index (χ1) is 11.1. The Labute approximate surface area is 163 Å². The first-order valence-corrected chi connectivity index (χ1v) is 8.48. The molecule has 0 aliphatic carbocycles. The number of rotatable bonds is 7. The highest BCUT2D eigenvalue weighted by Crippen LogP contribution is 2.15. The molecule has 25 heavy (non-hydrogen) atoms. The van der Waals surface area contributed by atoms with Gasteiger partial charge in [0.1, 0.15) is 0 Å². The Bertz CT molecular complexity index is 480. The van der Waals surface area contributed by atoms with Crippen molar-refractivity contribution in [3.63, 3.8) is 0 Å². The van der Waals surface area contributed by atoms with E-state index in [-0.39, 0.29) is 42.9 Å². The van der Waals surface area contributed by atoms with E-state index in [1.165, 1.54) is 0 Å². The Morgan fingerprint density at radius 1 is 1.12 bits per heavy atom. The summed E-state index contributed by atoms with van der Waals surface area (Å²) in [6, 6.07) is 9.60. The maximum absolute atomic E-state index is 12.4. The number of hydrogen-bond acceptors (Lipinski definition) is 4. The van der Waals surface area contributed by atoms with E-state index in [9.17, 15) is 4.79 Å². The first kappa shape index (κ1) is 24.1. The maximum atomic E-state index is 12.4. The van der Waals surface area contributed by atoms with Gasteiger partial charge in [-0.3, -0.25) is 9.69 Å². The van der Waals surface area contributed by atoms with Crippen molar-refractivity contribution in [3.05, 3.63) is 35.9 Å². The number of nitrogens with two attached hydrogens (primary N) is 1. The molecule has 0 saturated carbocycles. The van der Waals surface area contributed by atoms with Crippen molar-refractivity contribution in [1.82, 2.24) is 9.80 Å². The van der Waals surface area contributed by atoms with Crippen LogP contribution in [-0.2, 0) is 9.53 Å². The number of nitrogens with zero attached hydrogens (tertiary/aromatic N) is 2. The second-order valence-corrected chi connectivity index (χ2v) is 6.36. The number of halogens is 2. The maximum Gasteiger partial charge on any atom is 0.224 e. The van der Waals surface area contributed by atoms with Gasteiger partial charge in [-0.2, -0.15) is 0 Å². The first-order valence-electron chi connectivity index (χ1n) is 8.48. The molecule has 1 heterocycles. The summed E-state index contributed by atoms with van der Waals surface area (Å²) in [5.74, 6) is 0.152. The third-order valence-corrected chi connectivity index (χ3v) is 4.21. The van der Waals surface area contributed by atoms with Crippen molar-refractivity contribution in [1.29, 1.82) is 0 Å². The molecular weight excluding hydrogens is 361 g/mol. The average Bonchev–Trinajstić information content (AvgIpc) is 2.56. The van der Waals surface area contributed by atoms with Crippen LogP contribution < -0.4 is 5.73 Å². The number of piperazine rings is 1. The Morgan fingerprint density at radius 2 is 1.72 bits per heavy atom. The molecular formula is C18H31Cl2N3O2.